The van der Waals surface area contributed by atoms with Crippen LogP contribution in [0.15, 0.2) is 29.2 Å². The van der Waals surface area contributed by atoms with E-state index in [4.69, 9.17) is 5.11 Å². The van der Waals surface area contributed by atoms with E-state index in [1.807, 2.05) is 6.92 Å². The van der Waals surface area contributed by atoms with Gasteiger partial charge < -0.3 is 5.11 Å². The van der Waals surface area contributed by atoms with E-state index < -0.39 is 29.5 Å². The van der Waals surface area contributed by atoms with Crippen LogP contribution in [-0.4, -0.2) is 32.9 Å². The number of hydrogen-bond acceptors (Lipinski definition) is 4. The molecule has 0 radical (unpaired) electrons. The molecule has 1 aromatic rings. The van der Waals surface area contributed by atoms with Crippen molar-refractivity contribution in [1.29, 1.82) is 0 Å². The maximum atomic E-state index is 11.9. The first-order valence-corrected chi connectivity index (χ1v) is 6.06. The van der Waals surface area contributed by atoms with Crippen LogP contribution in [0.4, 0.5) is 4.39 Å². The second-order valence-electron chi connectivity index (χ2n) is 3.36. The highest BCUT2D eigenvalue weighted by Crippen LogP contribution is 2.13. The first-order valence-electron chi connectivity index (χ1n) is 4.66. The minimum atomic E-state index is -3.91. The Morgan fingerprint density at radius 2 is 1.94 bits per heavy atom. The van der Waals surface area contributed by atoms with E-state index in [0.717, 1.165) is 5.56 Å². The average molecular weight is 248 g/mol. The number of aryl methyl sites for hydroxylation is 1. The third-order valence-corrected chi connectivity index (χ3v) is 3.20. The van der Waals surface area contributed by atoms with Crippen molar-refractivity contribution in [3.63, 3.8) is 0 Å². The van der Waals surface area contributed by atoms with Gasteiger partial charge in [0.25, 0.3) is 10.1 Å². The molecular weight excluding hydrogens is 235 g/mol. The molecule has 1 N–H and O–H groups in total. The van der Waals surface area contributed by atoms with E-state index in [-0.39, 0.29) is 4.90 Å². The Morgan fingerprint density at radius 1 is 1.38 bits per heavy atom. The van der Waals surface area contributed by atoms with Crippen LogP contribution in [0.1, 0.15) is 5.56 Å². The standard InChI is InChI=1S/C10H13FO4S/c1-8-2-4-10(5-3-8)16(13,14)15-7-9(12)6-11/h2-5,9,12H,6-7H2,1H3/t9-/m1/s1. The van der Waals surface area contributed by atoms with Crippen LogP contribution in [-0.2, 0) is 14.3 Å². The van der Waals surface area contributed by atoms with Gasteiger partial charge in [-0.3, -0.25) is 4.18 Å². The number of benzene rings is 1. The van der Waals surface area contributed by atoms with Crippen molar-refractivity contribution in [1.82, 2.24) is 0 Å². The molecule has 0 aliphatic carbocycles. The summed E-state index contributed by atoms with van der Waals surface area (Å²) in [6.45, 7) is 0.209. The van der Waals surface area contributed by atoms with Gasteiger partial charge in [-0.05, 0) is 19.1 Å². The van der Waals surface area contributed by atoms with E-state index in [2.05, 4.69) is 4.18 Å². The van der Waals surface area contributed by atoms with Crippen LogP contribution in [0, 0.1) is 6.92 Å². The molecule has 1 rings (SSSR count). The number of halogens is 1. The first kappa shape index (κ1) is 13.1. The molecule has 0 aliphatic rings. The van der Waals surface area contributed by atoms with Gasteiger partial charge in [0.15, 0.2) is 0 Å². The van der Waals surface area contributed by atoms with Crippen LogP contribution >= 0.6 is 0 Å². The summed E-state index contributed by atoms with van der Waals surface area (Å²) in [5.74, 6) is 0. The van der Waals surface area contributed by atoms with Gasteiger partial charge in [-0.15, -0.1) is 0 Å². The molecule has 0 bridgehead atoms. The molecule has 1 atom stereocenters. The van der Waals surface area contributed by atoms with Gasteiger partial charge in [0.1, 0.15) is 12.8 Å². The van der Waals surface area contributed by atoms with Gasteiger partial charge in [0.05, 0.1) is 11.5 Å². The Kier molecular flexibility index (Phi) is 4.40. The first-order chi connectivity index (χ1) is 7.45. The van der Waals surface area contributed by atoms with Gasteiger partial charge in [-0.2, -0.15) is 8.42 Å². The van der Waals surface area contributed by atoms with Crippen LogP contribution in [0.3, 0.4) is 0 Å². The molecule has 0 fully saturated rings. The highest BCUT2D eigenvalue weighted by atomic mass is 32.2. The molecule has 1 aromatic carbocycles. The van der Waals surface area contributed by atoms with Crippen LogP contribution in [0.2, 0.25) is 0 Å². The summed E-state index contributed by atoms with van der Waals surface area (Å²) in [6.07, 6.45) is -1.42. The lowest BCUT2D eigenvalue weighted by Gasteiger charge is -2.08. The molecule has 0 aliphatic heterocycles. The predicted octanol–water partition coefficient (Wildman–Crippen LogP) is 1.03. The second kappa shape index (κ2) is 5.38. The normalized spacial score (nSPS) is 13.7. The van der Waals surface area contributed by atoms with Gasteiger partial charge in [-0.25, -0.2) is 4.39 Å². The maximum absolute atomic E-state index is 11.9. The summed E-state index contributed by atoms with van der Waals surface area (Å²) < 4.78 is 39.4. The lowest BCUT2D eigenvalue weighted by atomic mass is 10.2. The predicted molar refractivity (Wildman–Crippen MR) is 56.3 cm³/mol. The number of rotatable bonds is 5. The van der Waals surface area contributed by atoms with Gasteiger partial charge in [-0.1, -0.05) is 17.7 Å². The fourth-order valence-electron chi connectivity index (χ4n) is 0.986. The fourth-order valence-corrected chi connectivity index (χ4v) is 1.93. The smallest absolute Gasteiger partial charge is 0.297 e. The van der Waals surface area contributed by atoms with Gasteiger partial charge >= 0.3 is 0 Å². The SMILES string of the molecule is Cc1ccc(S(=O)(=O)OC[C@H](O)CF)cc1. The number of hydrogen-bond donors (Lipinski definition) is 1. The minimum Gasteiger partial charge on any atom is -0.388 e. The van der Waals surface area contributed by atoms with Gasteiger partial charge in [0.2, 0.25) is 0 Å². The molecular formula is C10H13FO4S. The quantitative estimate of drug-likeness (QED) is 0.790. The van der Waals surface area contributed by atoms with Crippen molar-refractivity contribution in [3.8, 4) is 0 Å². The summed E-state index contributed by atoms with van der Waals surface area (Å²) in [7, 11) is -3.91. The number of alkyl halides is 1. The molecule has 0 amide bonds. The molecule has 90 valence electrons. The van der Waals surface area contributed by atoms with Crippen molar-refractivity contribution in [2.45, 2.75) is 17.9 Å². The Labute approximate surface area is 93.8 Å². The van der Waals surface area contributed by atoms with Crippen LogP contribution in [0.5, 0.6) is 0 Å². The lowest BCUT2D eigenvalue weighted by molar-refractivity contribution is 0.0868. The van der Waals surface area contributed by atoms with Gasteiger partial charge in [0, 0.05) is 0 Å². The highest BCUT2D eigenvalue weighted by Gasteiger charge is 2.16. The molecule has 16 heavy (non-hydrogen) atoms. The van der Waals surface area contributed by atoms with E-state index in [0.29, 0.717) is 0 Å². The van der Waals surface area contributed by atoms with Crippen molar-refractivity contribution in [2.75, 3.05) is 13.3 Å². The monoisotopic (exact) mass is 248 g/mol. The molecule has 0 unspecified atom stereocenters. The van der Waals surface area contributed by atoms with Crippen molar-refractivity contribution in [2.24, 2.45) is 0 Å². The van der Waals surface area contributed by atoms with E-state index in [1.165, 1.54) is 12.1 Å². The summed E-state index contributed by atoms with van der Waals surface area (Å²) >= 11 is 0. The summed E-state index contributed by atoms with van der Waals surface area (Å²) in [5.41, 5.74) is 0.919. The van der Waals surface area contributed by atoms with Crippen molar-refractivity contribution >= 4 is 10.1 Å². The zero-order valence-electron chi connectivity index (χ0n) is 8.76. The number of aliphatic hydroxyl groups is 1. The number of aliphatic hydroxyl groups excluding tert-OH is 1. The molecule has 0 heterocycles. The van der Waals surface area contributed by atoms with Crippen LogP contribution in [0.25, 0.3) is 0 Å². The Hall–Kier alpha value is -0.980. The fraction of sp³-hybridized carbons (Fsp3) is 0.400. The zero-order valence-corrected chi connectivity index (χ0v) is 9.58. The topological polar surface area (TPSA) is 63.6 Å². The Bertz CT molecular complexity index is 427. The summed E-state index contributed by atoms with van der Waals surface area (Å²) in [4.78, 5) is -0.0100. The molecule has 0 saturated carbocycles. The van der Waals surface area contributed by atoms with E-state index >= 15 is 0 Å². The third-order valence-electron chi connectivity index (χ3n) is 1.90. The van der Waals surface area contributed by atoms with Crippen molar-refractivity contribution < 1.29 is 22.1 Å². The Balaban J connectivity index is 2.74. The molecule has 0 saturated heterocycles. The van der Waals surface area contributed by atoms with E-state index in [9.17, 15) is 12.8 Å². The van der Waals surface area contributed by atoms with Crippen LogP contribution < -0.4 is 0 Å². The lowest BCUT2D eigenvalue weighted by Crippen LogP contribution is -2.20. The third kappa shape index (κ3) is 3.55. The molecule has 0 aromatic heterocycles. The second-order valence-corrected chi connectivity index (χ2v) is 4.98. The summed E-state index contributed by atoms with van der Waals surface area (Å²) in [6, 6.07) is 6.04. The zero-order chi connectivity index (χ0) is 12.2. The maximum Gasteiger partial charge on any atom is 0.297 e. The average Bonchev–Trinajstić information content (AvgIpc) is 2.26. The Morgan fingerprint density at radius 3 is 2.44 bits per heavy atom. The van der Waals surface area contributed by atoms with E-state index in [1.54, 1.807) is 12.1 Å². The summed E-state index contributed by atoms with van der Waals surface area (Å²) in [5, 5.41) is 8.85. The highest BCUT2D eigenvalue weighted by molar-refractivity contribution is 7.86. The largest absolute Gasteiger partial charge is 0.388 e. The van der Waals surface area contributed by atoms with Crippen molar-refractivity contribution in [3.05, 3.63) is 29.8 Å². The molecule has 6 heteroatoms. The molecule has 4 nitrogen and oxygen atoms in total. The molecule has 0 spiro atoms. The minimum absolute atomic E-state index is 0.0100.